The number of carbonyl (C=O) groups is 1. The number of hydrazone groups is 1. The molecule has 0 heterocycles. The Kier molecular flexibility index (Phi) is 6.47. The van der Waals surface area contributed by atoms with E-state index < -0.39 is 32.3 Å². The zero-order valence-corrected chi connectivity index (χ0v) is 16.3. The van der Waals surface area contributed by atoms with Crippen molar-refractivity contribution in [3.05, 3.63) is 60.2 Å². The van der Waals surface area contributed by atoms with Crippen LogP contribution in [0.5, 0.6) is 0 Å². The normalized spacial score (nSPS) is 12.6. The number of amides is 1. The quantitative estimate of drug-likeness (QED) is 0.520. The average molecular weight is 409 g/mol. The Morgan fingerprint density at radius 3 is 2.07 bits per heavy atom. The van der Waals surface area contributed by atoms with Crippen molar-refractivity contribution in [3.8, 4) is 0 Å². The van der Waals surface area contributed by atoms with Crippen molar-refractivity contribution in [3.63, 3.8) is 0 Å². The third-order valence-electron chi connectivity index (χ3n) is 3.52. The van der Waals surface area contributed by atoms with E-state index in [-0.39, 0.29) is 9.79 Å². The fourth-order valence-corrected chi connectivity index (χ4v) is 3.67. The molecule has 0 fully saturated rings. The predicted octanol–water partition coefficient (Wildman–Crippen LogP) is 0.909. The number of hydrogen-bond acceptors (Lipinski definition) is 6. The summed E-state index contributed by atoms with van der Waals surface area (Å²) in [7, 11) is -7.07. The number of hydrogen-bond donors (Lipinski definition) is 2. The Bertz CT molecular complexity index is 1050. The fourth-order valence-electron chi connectivity index (χ4n) is 2.04. The van der Waals surface area contributed by atoms with Crippen LogP contribution >= 0.6 is 0 Å². The molecule has 2 N–H and O–H groups in total. The molecule has 2 aromatic carbocycles. The van der Waals surface area contributed by atoms with Gasteiger partial charge in [-0.25, -0.2) is 27.0 Å². The lowest BCUT2D eigenvalue weighted by Crippen LogP contribution is -2.35. The number of sulfone groups is 1. The van der Waals surface area contributed by atoms with E-state index in [2.05, 4.69) is 15.2 Å². The third kappa shape index (κ3) is 5.98. The maximum Gasteiger partial charge on any atom is 0.255 e. The molecular formula is C17H19N3O5S2. The van der Waals surface area contributed by atoms with Crippen LogP contribution in [0, 0.1) is 0 Å². The Morgan fingerprint density at radius 2 is 1.52 bits per heavy atom. The summed E-state index contributed by atoms with van der Waals surface area (Å²) in [5.41, 5.74) is 3.31. The lowest BCUT2D eigenvalue weighted by atomic mass is 10.1. The van der Waals surface area contributed by atoms with Crippen LogP contribution in [0.2, 0.25) is 0 Å². The van der Waals surface area contributed by atoms with Crippen LogP contribution in [0.15, 0.2) is 69.5 Å². The zero-order chi connectivity index (χ0) is 20.1. The smallest absolute Gasteiger partial charge is 0.255 e. The molecule has 0 spiro atoms. The summed E-state index contributed by atoms with van der Waals surface area (Å²) < 4.78 is 49.1. The van der Waals surface area contributed by atoms with E-state index in [1.165, 1.54) is 24.3 Å². The molecule has 0 radical (unpaired) electrons. The Balaban J connectivity index is 1.96. The van der Waals surface area contributed by atoms with Gasteiger partial charge in [0.2, 0.25) is 10.0 Å². The van der Waals surface area contributed by atoms with Gasteiger partial charge in [0.1, 0.15) is 0 Å². The second-order valence-electron chi connectivity index (χ2n) is 5.67. The molecule has 144 valence electrons. The maximum atomic E-state index is 12.0. The lowest BCUT2D eigenvalue weighted by molar-refractivity contribution is -0.119. The topological polar surface area (TPSA) is 122 Å². The molecule has 2 rings (SSSR count). The van der Waals surface area contributed by atoms with E-state index in [4.69, 9.17) is 0 Å². The van der Waals surface area contributed by atoms with Crippen LogP contribution in [-0.4, -0.2) is 41.3 Å². The van der Waals surface area contributed by atoms with Crippen molar-refractivity contribution in [2.75, 3.05) is 12.8 Å². The average Bonchev–Trinajstić information content (AvgIpc) is 2.64. The Hall–Kier alpha value is -2.56. The van der Waals surface area contributed by atoms with Gasteiger partial charge < -0.3 is 0 Å². The van der Waals surface area contributed by atoms with Gasteiger partial charge in [-0.3, -0.25) is 4.79 Å². The van der Waals surface area contributed by atoms with Gasteiger partial charge in [-0.1, -0.05) is 30.3 Å². The number of sulfonamides is 1. The molecule has 0 saturated heterocycles. The van der Waals surface area contributed by atoms with Crippen LogP contribution in [0.1, 0.15) is 12.5 Å². The summed E-state index contributed by atoms with van der Waals surface area (Å²) in [5.74, 6) is -0.637. The largest absolute Gasteiger partial charge is 0.272 e. The summed E-state index contributed by atoms with van der Waals surface area (Å²) in [6.45, 7) is 1.16. The van der Waals surface area contributed by atoms with Crippen molar-refractivity contribution in [1.29, 1.82) is 0 Å². The van der Waals surface area contributed by atoms with E-state index >= 15 is 0 Å². The first kappa shape index (κ1) is 20.7. The van der Waals surface area contributed by atoms with Crippen molar-refractivity contribution in [2.45, 2.75) is 16.7 Å². The summed E-state index contributed by atoms with van der Waals surface area (Å²) in [6, 6.07) is 13.7. The standard InChI is InChI=1S/C17H19N3O5S2/c1-13(14-8-10-15(11-9-14)26(2,22)23)19-20-17(21)12-18-27(24,25)16-6-4-3-5-7-16/h3-11,18H,12H2,1-2H3,(H,20,21)/b19-13-. The molecule has 10 heteroatoms. The zero-order valence-electron chi connectivity index (χ0n) is 14.7. The number of nitrogens with zero attached hydrogens (tertiary/aromatic N) is 1. The van der Waals surface area contributed by atoms with Gasteiger partial charge in [-0.15, -0.1) is 0 Å². The van der Waals surface area contributed by atoms with Crippen LogP contribution in [0.25, 0.3) is 0 Å². The molecule has 0 aliphatic rings. The molecule has 0 aromatic heterocycles. The van der Waals surface area contributed by atoms with Crippen molar-refractivity contribution >= 4 is 31.5 Å². The van der Waals surface area contributed by atoms with Crippen LogP contribution in [0.3, 0.4) is 0 Å². The van der Waals surface area contributed by atoms with Gasteiger partial charge in [-0.2, -0.15) is 5.10 Å². The molecular weight excluding hydrogens is 390 g/mol. The highest BCUT2D eigenvalue weighted by Gasteiger charge is 2.14. The summed E-state index contributed by atoms with van der Waals surface area (Å²) in [6.07, 6.45) is 1.11. The first-order valence-electron chi connectivity index (χ1n) is 7.78. The minimum atomic E-state index is -3.78. The van der Waals surface area contributed by atoms with E-state index in [1.54, 1.807) is 37.3 Å². The Labute approximate surface area is 158 Å². The summed E-state index contributed by atoms with van der Waals surface area (Å²) >= 11 is 0. The van der Waals surface area contributed by atoms with Crippen LogP contribution in [0.4, 0.5) is 0 Å². The van der Waals surface area contributed by atoms with Crippen LogP contribution in [-0.2, 0) is 24.7 Å². The number of benzene rings is 2. The highest BCUT2D eigenvalue weighted by atomic mass is 32.2. The first-order valence-corrected chi connectivity index (χ1v) is 11.2. The fraction of sp³-hybridized carbons (Fsp3) is 0.176. The van der Waals surface area contributed by atoms with Gasteiger partial charge in [-0.05, 0) is 36.8 Å². The minimum Gasteiger partial charge on any atom is -0.272 e. The minimum absolute atomic E-state index is 0.0587. The lowest BCUT2D eigenvalue weighted by Gasteiger charge is -2.06. The molecule has 0 unspecified atom stereocenters. The number of nitrogens with one attached hydrogen (secondary N) is 2. The van der Waals surface area contributed by atoms with E-state index in [0.29, 0.717) is 11.3 Å². The highest BCUT2D eigenvalue weighted by Crippen LogP contribution is 2.11. The first-order chi connectivity index (χ1) is 12.6. The van der Waals surface area contributed by atoms with Gasteiger partial charge in [0, 0.05) is 6.26 Å². The maximum absolute atomic E-state index is 12.0. The van der Waals surface area contributed by atoms with E-state index in [9.17, 15) is 21.6 Å². The second kappa shape index (κ2) is 8.42. The molecule has 8 nitrogen and oxygen atoms in total. The van der Waals surface area contributed by atoms with Gasteiger partial charge in [0.05, 0.1) is 22.0 Å². The predicted molar refractivity (Wildman–Crippen MR) is 102 cm³/mol. The van der Waals surface area contributed by atoms with Gasteiger partial charge in [0.15, 0.2) is 9.84 Å². The van der Waals surface area contributed by atoms with Gasteiger partial charge >= 0.3 is 0 Å². The molecule has 0 aliphatic carbocycles. The van der Waals surface area contributed by atoms with Crippen molar-refractivity contribution in [2.24, 2.45) is 5.10 Å². The monoisotopic (exact) mass is 409 g/mol. The van der Waals surface area contributed by atoms with Gasteiger partial charge in [0.25, 0.3) is 5.91 Å². The molecule has 0 bridgehead atoms. The SMILES string of the molecule is C/C(=N/NC(=O)CNS(=O)(=O)c1ccccc1)c1ccc(S(C)(=O)=O)cc1. The number of rotatable bonds is 7. The molecule has 0 saturated carbocycles. The second-order valence-corrected chi connectivity index (χ2v) is 9.45. The molecule has 27 heavy (non-hydrogen) atoms. The molecule has 0 aliphatic heterocycles. The summed E-state index contributed by atoms with van der Waals surface area (Å²) in [5, 5.41) is 3.89. The van der Waals surface area contributed by atoms with Crippen LogP contribution < -0.4 is 10.1 Å². The summed E-state index contributed by atoms with van der Waals surface area (Å²) in [4.78, 5) is 12.1. The number of carbonyl (C=O) groups excluding carboxylic acids is 1. The molecule has 1 amide bonds. The van der Waals surface area contributed by atoms with E-state index in [1.807, 2.05) is 0 Å². The molecule has 0 atom stereocenters. The highest BCUT2D eigenvalue weighted by molar-refractivity contribution is 7.90. The van der Waals surface area contributed by atoms with Crippen molar-refractivity contribution < 1.29 is 21.6 Å². The van der Waals surface area contributed by atoms with Crippen molar-refractivity contribution in [1.82, 2.24) is 10.1 Å². The third-order valence-corrected chi connectivity index (χ3v) is 6.07. The molecule has 2 aromatic rings. The Morgan fingerprint density at radius 1 is 0.926 bits per heavy atom. The van der Waals surface area contributed by atoms with E-state index in [0.717, 1.165) is 6.26 Å².